The van der Waals surface area contributed by atoms with Crippen molar-refractivity contribution in [2.45, 2.75) is 12.3 Å². The van der Waals surface area contributed by atoms with Gasteiger partial charge in [0.1, 0.15) is 0 Å². The van der Waals surface area contributed by atoms with Crippen molar-refractivity contribution in [3.8, 4) is 5.69 Å². The highest BCUT2D eigenvalue weighted by atomic mass is 16.5. The first kappa shape index (κ1) is 13.2. The number of methoxy groups -OCH3 is 1. The Morgan fingerprint density at radius 2 is 2.24 bits per heavy atom. The lowest BCUT2D eigenvalue weighted by Gasteiger charge is -2.05. The Morgan fingerprint density at radius 1 is 1.43 bits per heavy atom. The second-order valence-electron chi connectivity index (χ2n) is 4.78. The summed E-state index contributed by atoms with van der Waals surface area (Å²) in [7, 11) is 1.30. The Morgan fingerprint density at radius 3 is 2.90 bits per heavy atom. The SMILES string of the molecule is COC(=O)c1cccc(-n2nnnc2C2CC2C(=O)O)c1. The minimum atomic E-state index is -0.849. The summed E-state index contributed by atoms with van der Waals surface area (Å²) in [5.74, 6) is -1.46. The van der Waals surface area contributed by atoms with Crippen LogP contribution in [-0.4, -0.2) is 44.4 Å². The first-order chi connectivity index (χ1) is 10.1. The molecule has 1 N–H and O–H groups in total. The van der Waals surface area contributed by atoms with Crippen LogP contribution in [-0.2, 0) is 9.53 Å². The summed E-state index contributed by atoms with van der Waals surface area (Å²) in [5, 5.41) is 20.4. The molecule has 0 bridgehead atoms. The van der Waals surface area contributed by atoms with Gasteiger partial charge in [0, 0.05) is 5.92 Å². The lowest BCUT2D eigenvalue weighted by molar-refractivity contribution is -0.138. The van der Waals surface area contributed by atoms with E-state index in [9.17, 15) is 9.59 Å². The van der Waals surface area contributed by atoms with E-state index in [1.165, 1.54) is 11.8 Å². The molecule has 0 aliphatic heterocycles. The van der Waals surface area contributed by atoms with Crippen LogP contribution in [0, 0.1) is 5.92 Å². The summed E-state index contributed by atoms with van der Waals surface area (Å²) in [6, 6.07) is 6.65. The number of carbonyl (C=O) groups excluding carboxylic acids is 1. The van der Waals surface area contributed by atoms with Crippen LogP contribution in [0.3, 0.4) is 0 Å². The number of carbonyl (C=O) groups is 2. The molecule has 8 nitrogen and oxygen atoms in total. The molecule has 1 aliphatic rings. The zero-order valence-corrected chi connectivity index (χ0v) is 11.1. The third kappa shape index (κ3) is 2.35. The monoisotopic (exact) mass is 288 g/mol. The molecule has 0 amide bonds. The second-order valence-corrected chi connectivity index (χ2v) is 4.78. The van der Waals surface area contributed by atoms with Crippen molar-refractivity contribution < 1.29 is 19.4 Å². The number of aliphatic carboxylic acids is 1. The van der Waals surface area contributed by atoms with Crippen molar-refractivity contribution in [2.24, 2.45) is 5.92 Å². The molecular formula is C13H12N4O4. The van der Waals surface area contributed by atoms with Gasteiger partial charge in [-0.15, -0.1) is 5.10 Å². The van der Waals surface area contributed by atoms with Crippen LogP contribution < -0.4 is 0 Å². The number of benzene rings is 1. The molecule has 1 fully saturated rings. The number of aromatic nitrogens is 4. The molecule has 1 saturated carbocycles. The topological polar surface area (TPSA) is 107 Å². The maximum atomic E-state index is 11.5. The van der Waals surface area contributed by atoms with E-state index in [1.807, 2.05) is 0 Å². The summed E-state index contributed by atoms with van der Waals surface area (Å²) in [6.07, 6.45) is 0.520. The van der Waals surface area contributed by atoms with Gasteiger partial charge in [-0.05, 0) is 35.0 Å². The Kier molecular flexibility index (Phi) is 3.13. The number of esters is 1. The van der Waals surface area contributed by atoms with Gasteiger partial charge in [0.05, 0.1) is 24.3 Å². The van der Waals surface area contributed by atoms with Crippen LogP contribution in [0.5, 0.6) is 0 Å². The summed E-state index contributed by atoms with van der Waals surface area (Å²) in [5.41, 5.74) is 0.968. The molecule has 2 atom stereocenters. The normalized spacial score (nSPS) is 20.0. The number of tetrazole rings is 1. The third-order valence-electron chi connectivity index (χ3n) is 3.44. The molecule has 0 radical (unpaired) electrons. The fourth-order valence-electron chi connectivity index (χ4n) is 2.24. The van der Waals surface area contributed by atoms with E-state index < -0.39 is 17.9 Å². The Bertz CT molecular complexity index is 712. The smallest absolute Gasteiger partial charge is 0.337 e. The fraction of sp³-hybridized carbons (Fsp3) is 0.308. The van der Waals surface area contributed by atoms with Crippen molar-refractivity contribution in [1.29, 1.82) is 0 Å². The molecule has 0 saturated heterocycles. The molecular weight excluding hydrogens is 276 g/mol. The predicted octanol–water partition coefficient (Wildman–Crippen LogP) is 0.637. The van der Waals surface area contributed by atoms with E-state index >= 15 is 0 Å². The number of nitrogens with zero attached hydrogens (tertiary/aromatic N) is 4. The first-order valence-corrected chi connectivity index (χ1v) is 6.31. The number of ether oxygens (including phenoxy) is 1. The van der Waals surface area contributed by atoms with E-state index in [1.54, 1.807) is 24.3 Å². The summed E-state index contributed by atoms with van der Waals surface area (Å²) in [6.45, 7) is 0. The highest BCUT2D eigenvalue weighted by Crippen LogP contribution is 2.46. The van der Waals surface area contributed by atoms with Gasteiger partial charge in [-0.1, -0.05) is 6.07 Å². The maximum Gasteiger partial charge on any atom is 0.337 e. The Labute approximate surface area is 119 Å². The average Bonchev–Trinajstić information content (AvgIpc) is 3.16. The standard InChI is InChI=1S/C13H12N4O4/c1-21-13(20)7-3-2-4-8(5-7)17-11(14-15-16-17)9-6-10(9)12(18)19/h2-5,9-10H,6H2,1H3,(H,18,19). The molecule has 1 aromatic carbocycles. The Hall–Kier alpha value is -2.77. The molecule has 21 heavy (non-hydrogen) atoms. The maximum absolute atomic E-state index is 11.5. The Balaban J connectivity index is 1.94. The van der Waals surface area contributed by atoms with E-state index in [4.69, 9.17) is 5.11 Å². The van der Waals surface area contributed by atoms with Crippen LogP contribution in [0.15, 0.2) is 24.3 Å². The summed E-state index contributed by atoms with van der Waals surface area (Å²) in [4.78, 5) is 22.5. The molecule has 2 unspecified atom stereocenters. The average molecular weight is 288 g/mol. The molecule has 3 rings (SSSR count). The lowest BCUT2D eigenvalue weighted by atomic mass is 10.2. The van der Waals surface area contributed by atoms with Crippen molar-refractivity contribution >= 4 is 11.9 Å². The number of rotatable bonds is 4. The minimum Gasteiger partial charge on any atom is -0.481 e. The summed E-state index contributed by atoms with van der Waals surface area (Å²) >= 11 is 0. The number of carboxylic acid groups (broad SMARTS) is 1. The minimum absolute atomic E-state index is 0.195. The van der Waals surface area contributed by atoms with E-state index in [-0.39, 0.29) is 5.92 Å². The van der Waals surface area contributed by atoms with Gasteiger partial charge >= 0.3 is 11.9 Å². The van der Waals surface area contributed by atoms with E-state index in [0.29, 0.717) is 23.5 Å². The van der Waals surface area contributed by atoms with Gasteiger partial charge in [-0.25, -0.2) is 4.79 Å². The molecule has 8 heteroatoms. The van der Waals surface area contributed by atoms with Gasteiger partial charge in [0.15, 0.2) is 5.82 Å². The quantitative estimate of drug-likeness (QED) is 0.822. The van der Waals surface area contributed by atoms with Crippen LogP contribution in [0.1, 0.15) is 28.5 Å². The second kappa shape index (κ2) is 4.97. The van der Waals surface area contributed by atoms with Crippen molar-refractivity contribution in [1.82, 2.24) is 20.2 Å². The van der Waals surface area contributed by atoms with Gasteiger partial charge in [-0.3, -0.25) is 4.79 Å². The first-order valence-electron chi connectivity index (χ1n) is 6.31. The van der Waals surface area contributed by atoms with E-state index in [2.05, 4.69) is 20.3 Å². The molecule has 108 valence electrons. The predicted molar refractivity (Wildman–Crippen MR) is 69.0 cm³/mol. The fourth-order valence-corrected chi connectivity index (χ4v) is 2.24. The van der Waals surface area contributed by atoms with Gasteiger partial charge in [0.2, 0.25) is 0 Å². The zero-order valence-electron chi connectivity index (χ0n) is 11.1. The molecule has 1 heterocycles. The van der Waals surface area contributed by atoms with Gasteiger partial charge < -0.3 is 9.84 Å². The van der Waals surface area contributed by atoms with E-state index in [0.717, 1.165) is 0 Å². The molecule has 1 aliphatic carbocycles. The highest BCUT2D eigenvalue weighted by molar-refractivity contribution is 5.89. The van der Waals surface area contributed by atoms with Crippen LogP contribution >= 0.6 is 0 Å². The third-order valence-corrected chi connectivity index (χ3v) is 3.44. The molecule has 1 aromatic heterocycles. The van der Waals surface area contributed by atoms with Crippen LogP contribution in [0.2, 0.25) is 0 Å². The summed E-state index contributed by atoms with van der Waals surface area (Å²) < 4.78 is 6.13. The molecule has 2 aromatic rings. The highest BCUT2D eigenvalue weighted by Gasteiger charge is 2.47. The van der Waals surface area contributed by atoms with Gasteiger partial charge in [-0.2, -0.15) is 4.68 Å². The number of carboxylic acids is 1. The van der Waals surface area contributed by atoms with Crippen molar-refractivity contribution in [3.05, 3.63) is 35.7 Å². The lowest BCUT2D eigenvalue weighted by Crippen LogP contribution is -2.07. The van der Waals surface area contributed by atoms with Gasteiger partial charge in [0.25, 0.3) is 0 Å². The number of hydrogen-bond acceptors (Lipinski definition) is 6. The van der Waals surface area contributed by atoms with Crippen molar-refractivity contribution in [3.63, 3.8) is 0 Å². The zero-order chi connectivity index (χ0) is 15.0. The largest absolute Gasteiger partial charge is 0.481 e. The van der Waals surface area contributed by atoms with Crippen LogP contribution in [0.4, 0.5) is 0 Å². The molecule has 0 spiro atoms. The number of hydrogen-bond donors (Lipinski definition) is 1. The van der Waals surface area contributed by atoms with Crippen molar-refractivity contribution in [2.75, 3.05) is 7.11 Å². The van der Waals surface area contributed by atoms with Crippen LogP contribution in [0.25, 0.3) is 5.69 Å².